The summed E-state index contributed by atoms with van der Waals surface area (Å²) < 4.78 is 52.6. The molecule has 2 rings (SSSR count). The van der Waals surface area contributed by atoms with Crippen molar-refractivity contribution < 1.29 is 17.6 Å². The van der Waals surface area contributed by atoms with Gasteiger partial charge in [-0.05, 0) is 12.5 Å². The third-order valence-electron chi connectivity index (χ3n) is 3.37. The van der Waals surface area contributed by atoms with Gasteiger partial charge in [0.1, 0.15) is 5.82 Å². The molecule has 0 bridgehead atoms. The number of benzene rings is 1. The summed E-state index contributed by atoms with van der Waals surface area (Å²) in [6, 6.07) is 0.813. The molecule has 0 unspecified atom stereocenters. The van der Waals surface area contributed by atoms with Crippen LogP contribution in [0.1, 0.15) is 18.0 Å². The standard InChI is InChI=1S/C13H16F4N2/c14-2-1-13(19-5-3-18-4-6-19)9-7-11(16)12(17)8-10(9)15/h7-8,13,18H,1-6H2/t13-/m1/s1. The quantitative estimate of drug-likeness (QED) is 0.671. The Hall–Kier alpha value is -1.14. The van der Waals surface area contributed by atoms with Crippen LogP contribution in [0.4, 0.5) is 17.6 Å². The van der Waals surface area contributed by atoms with Gasteiger partial charge in [0.2, 0.25) is 0 Å². The lowest BCUT2D eigenvalue weighted by atomic mass is 10.0. The van der Waals surface area contributed by atoms with Gasteiger partial charge in [0.25, 0.3) is 0 Å². The highest BCUT2D eigenvalue weighted by Gasteiger charge is 2.25. The van der Waals surface area contributed by atoms with Gasteiger partial charge in [0.05, 0.1) is 6.67 Å². The number of hydrogen-bond donors (Lipinski definition) is 1. The lowest BCUT2D eigenvalue weighted by Gasteiger charge is -2.35. The second kappa shape index (κ2) is 6.34. The summed E-state index contributed by atoms with van der Waals surface area (Å²) in [6.45, 7) is 2.06. The highest BCUT2D eigenvalue weighted by atomic mass is 19.2. The van der Waals surface area contributed by atoms with Crippen LogP contribution in [0.2, 0.25) is 0 Å². The Kier molecular flexibility index (Phi) is 4.76. The Labute approximate surface area is 109 Å². The lowest BCUT2D eigenvalue weighted by molar-refractivity contribution is 0.154. The Morgan fingerprint density at radius 3 is 2.32 bits per heavy atom. The normalized spacial score (nSPS) is 18.5. The van der Waals surface area contributed by atoms with Gasteiger partial charge in [-0.2, -0.15) is 0 Å². The molecule has 1 aliphatic rings. The maximum Gasteiger partial charge on any atom is 0.161 e. The second-order valence-electron chi connectivity index (χ2n) is 4.57. The van der Waals surface area contributed by atoms with Gasteiger partial charge in [0.15, 0.2) is 11.6 Å². The fourth-order valence-electron chi connectivity index (χ4n) is 2.43. The summed E-state index contributed by atoms with van der Waals surface area (Å²) in [4.78, 5) is 1.89. The molecular weight excluding hydrogens is 260 g/mol. The topological polar surface area (TPSA) is 15.3 Å². The minimum absolute atomic E-state index is 0.0263. The van der Waals surface area contributed by atoms with E-state index < -0.39 is 30.2 Å². The Bertz CT molecular complexity index is 433. The fraction of sp³-hybridized carbons (Fsp3) is 0.538. The van der Waals surface area contributed by atoms with Crippen molar-refractivity contribution in [3.05, 3.63) is 35.1 Å². The van der Waals surface area contributed by atoms with E-state index in [-0.39, 0.29) is 12.0 Å². The largest absolute Gasteiger partial charge is 0.314 e. The number of nitrogens with one attached hydrogen (secondary N) is 1. The molecule has 1 fully saturated rings. The van der Waals surface area contributed by atoms with Crippen LogP contribution in [0.5, 0.6) is 0 Å². The molecule has 0 saturated carbocycles. The van der Waals surface area contributed by atoms with E-state index in [2.05, 4.69) is 5.32 Å². The third-order valence-corrected chi connectivity index (χ3v) is 3.37. The summed E-state index contributed by atoms with van der Waals surface area (Å²) in [7, 11) is 0. The van der Waals surface area contributed by atoms with E-state index in [4.69, 9.17) is 0 Å². The molecule has 1 N–H and O–H groups in total. The van der Waals surface area contributed by atoms with Crippen molar-refractivity contribution in [3.63, 3.8) is 0 Å². The van der Waals surface area contributed by atoms with Gasteiger partial charge < -0.3 is 5.32 Å². The highest BCUT2D eigenvalue weighted by molar-refractivity contribution is 5.24. The Morgan fingerprint density at radius 2 is 1.68 bits per heavy atom. The van der Waals surface area contributed by atoms with Crippen LogP contribution in [-0.4, -0.2) is 37.8 Å². The molecule has 1 saturated heterocycles. The first-order chi connectivity index (χ1) is 9.13. The summed E-state index contributed by atoms with van der Waals surface area (Å²) in [5.41, 5.74) is 0.0263. The number of nitrogens with zero attached hydrogens (tertiary/aromatic N) is 1. The average molecular weight is 276 g/mol. The van der Waals surface area contributed by atoms with E-state index >= 15 is 0 Å². The molecule has 0 aromatic heterocycles. The molecule has 1 heterocycles. The minimum Gasteiger partial charge on any atom is -0.314 e. The molecule has 2 nitrogen and oxygen atoms in total. The molecule has 6 heteroatoms. The molecular formula is C13H16F4N2. The van der Waals surface area contributed by atoms with Gasteiger partial charge >= 0.3 is 0 Å². The van der Waals surface area contributed by atoms with Crippen molar-refractivity contribution in [2.45, 2.75) is 12.5 Å². The SMILES string of the molecule is FCC[C@H](c1cc(F)c(F)cc1F)N1CCNCC1. The first-order valence-corrected chi connectivity index (χ1v) is 6.28. The predicted molar refractivity (Wildman–Crippen MR) is 64.1 cm³/mol. The molecule has 1 aromatic carbocycles. The molecule has 1 atom stereocenters. The predicted octanol–water partition coefficient (Wildman–Crippen LogP) is 2.41. The first-order valence-electron chi connectivity index (χ1n) is 6.28. The number of piperazine rings is 1. The van der Waals surface area contributed by atoms with Crippen molar-refractivity contribution in [1.29, 1.82) is 0 Å². The van der Waals surface area contributed by atoms with Gasteiger partial charge in [-0.15, -0.1) is 0 Å². The van der Waals surface area contributed by atoms with Crippen LogP contribution in [-0.2, 0) is 0 Å². The zero-order chi connectivity index (χ0) is 13.8. The molecule has 0 radical (unpaired) electrons. The zero-order valence-corrected chi connectivity index (χ0v) is 10.4. The summed E-state index contributed by atoms with van der Waals surface area (Å²) in [5, 5.41) is 3.14. The third kappa shape index (κ3) is 3.25. The van der Waals surface area contributed by atoms with Crippen LogP contribution in [0.25, 0.3) is 0 Å². The maximum absolute atomic E-state index is 13.8. The summed E-state index contributed by atoms with van der Waals surface area (Å²) in [6.07, 6.45) is 0.0714. The van der Waals surface area contributed by atoms with Crippen molar-refractivity contribution in [1.82, 2.24) is 10.2 Å². The van der Waals surface area contributed by atoms with Gasteiger partial charge in [-0.3, -0.25) is 9.29 Å². The first kappa shape index (κ1) is 14.3. The molecule has 0 aliphatic carbocycles. The smallest absolute Gasteiger partial charge is 0.161 e. The van der Waals surface area contributed by atoms with Crippen molar-refractivity contribution in [2.75, 3.05) is 32.9 Å². The van der Waals surface area contributed by atoms with E-state index in [1.54, 1.807) is 0 Å². The molecule has 1 aromatic rings. The maximum atomic E-state index is 13.8. The molecule has 0 amide bonds. The van der Waals surface area contributed by atoms with E-state index in [1.807, 2.05) is 4.90 Å². The number of halogens is 4. The van der Waals surface area contributed by atoms with Crippen LogP contribution in [0.3, 0.4) is 0 Å². The average Bonchev–Trinajstić information content (AvgIpc) is 2.42. The number of alkyl halides is 1. The summed E-state index contributed by atoms with van der Waals surface area (Å²) >= 11 is 0. The minimum atomic E-state index is -1.22. The summed E-state index contributed by atoms with van der Waals surface area (Å²) in [5.74, 6) is -3.15. The number of hydrogen-bond acceptors (Lipinski definition) is 2. The highest BCUT2D eigenvalue weighted by Crippen LogP contribution is 2.28. The van der Waals surface area contributed by atoms with Gasteiger partial charge in [-0.25, -0.2) is 13.2 Å². The van der Waals surface area contributed by atoms with Gasteiger partial charge in [0, 0.05) is 43.9 Å². The second-order valence-corrected chi connectivity index (χ2v) is 4.57. The molecule has 19 heavy (non-hydrogen) atoms. The van der Waals surface area contributed by atoms with Crippen molar-refractivity contribution in [2.24, 2.45) is 0 Å². The Morgan fingerprint density at radius 1 is 1.05 bits per heavy atom. The van der Waals surface area contributed by atoms with Crippen LogP contribution in [0.15, 0.2) is 12.1 Å². The van der Waals surface area contributed by atoms with E-state index in [0.29, 0.717) is 32.2 Å². The molecule has 1 aliphatic heterocycles. The number of rotatable bonds is 4. The van der Waals surface area contributed by atoms with Crippen molar-refractivity contribution >= 4 is 0 Å². The molecule has 106 valence electrons. The lowest BCUT2D eigenvalue weighted by Crippen LogP contribution is -2.45. The van der Waals surface area contributed by atoms with Crippen LogP contribution >= 0.6 is 0 Å². The van der Waals surface area contributed by atoms with Gasteiger partial charge in [-0.1, -0.05) is 0 Å². The monoisotopic (exact) mass is 276 g/mol. The van der Waals surface area contributed by atoms with Crippen LogP contribution < -0.4 is 5.32 Å². The zero-order valence-electron chi connectivity index (χ0n) is 10.4. The van der Waals surface area contributed by atoms with Crippen molar-refractivity contribution in [3.8, 4) is 0 Å². The van der Waals surface area contributed by atoms with E-state index in [1.165, 1.54) is 0 Å². The van der Waals surface area contributed by atoms with Crippen LogP contribution in [0, 0.1) is 17.5 Å². The van der Waals surface area contributed by atoms with E-state index in [0.717, 1.165) is 6.07 Å². The molecule has 0 spiro atoms. The van der Waals surface area contributed by atoms with E-state index in [9.17, 15) is 17.6 Å². The Balaban J connectivity index is 2.29. The fourth-order valence-corrected chi connectivity index (χ4v) is 2.43.